The van der Waals surface area contributed by atoms with Crippen LogP contribution in [0.25, 0.3) is 0 Å². The summed E-state index contributed by atoms with van der Waals surface area (Å²) in [5, 5.41) is 2.43. The zero-order valence-corrected chi connectivity index (χ0v) is 9.31. The summed E-state index contributed by atoms with van der Waals surface area (Å²) in [7, 11) is -1.64. The van der Waals surface area contributed by atoms with Crippen molar-refractivity contribution in [2.24, 2.45) is 0 Å². The maximum Gasteiger partial charge on any atom is 0.370 e. The zero-order valence-electron chi connectivity index (χ0n) is 7.68. The number of fused-ring (bicyclic) bond motifs is 2. The smallest absolute Gasteiger partial charge is 0.370 e. The topological polar surface area (TPSA) is 72.5 Å². The molecule has 2 bridgehead atoms. The summed E-state index contributed by atoms with van der Waals surface area (Å²) < 4.78 is 27.1. The van der Waals surface area contributed by atoms with Gasteiger partial charge in [-0.2, -0.15) is 8.42 Å². The van der Waals surface area contributed by atoms with Gasteiger partial charge < -0.3 is 9.50 Å². The lowest BCUT2D eigenvalue weighted by Gasteiger charge is -2.17. The molecule has 1 heterocycles. The highest BCUT2D eigenvalue weighted by molar-refractivity contribution is 8.70. The van der Waals surface area contributed by atoms with Gasteiger partial charge in [0.25, 0.3) is 5.91 Å². The third-order valence-electron chi connectivity index (χ3n) is 1.83. The van der Waals surface area contributed by atoms with Crippen LogP contribution >= 0.6 is 10.8 Å². The monoisotopic (exact) mass is 245 g/mol. The lowest BCUT2D eigenvalue weighted by Crippen LogP contribution is -2.23. The zero-order chi connectivity index (χ0) is 11.1. The molecule has 1 aliphatic rings. The fraction of sp³-hybridized carbons (Fsp3) is 0.125. The fourth-order valence-corrected chi connectivity index (χ4v) is 3.66. The third-order valence-corrected chi connectivity index (χ3v) is 4.29. The second kappa shape index (κ2) is 3.42. The molecule has 0 spiro atoms. The average molecular weight is 245 g/mol. The number of carbonyl (C=O) groups excluding carboxylic acids is 1. The Kier molecular flexibility index (Phi) is 2.35. The van der Waals surface area contributed by atoms with Gasteiger partial charge in [-0.1, -0.05) is 6.07 Å². The van der Waals surface area contributed by atoms with Crippen LogP contribution in [0.1, 0.15) is 10.4 Å². The number of rotatable bonds is 1. The number of carbonyl (C=O) groups is 1. The standard InChI is InChI=1S/C8H7NO4S2/c1-9-8(10)7-5-3-2-4-6(7)14-15(11,12)13-5/h2-4H,1H3,(H,9,10). The number of benzene rings is 1. The van der Waals surface area contributed by atoms with E-state index in [1.807, 2.05) is 0 Å². The van der Waals surface area contributed by atoms with E-state index in [0.29, 0.717) is 15.7 Å². The Bertz CT molecular complexity index is 493. The Hall–Kier alpha value is -1.21. The largest absolute Gasteiger partial charge is 0.373 e. The van der Waals surface area contributed by atoms with Gasteiger partial charge in [-0.25, -0.2) is 0 Å². The maximum absolute atomic E-state index is 11.5. The van der Waals surface area contributed by atoms with Crippen molar-refractivity contribution in [3.8, 4) is 5.75 Å². The number of nitrogens with one attached hydrogen (secondary N) is 1. The van der Waals surface area contributed by atoms with Crippen LogP contribution in [-0.2, 0) is 9.15 Å². The molecule has 0 fully saturated rings. The van der Waals surface area contributed by atoms with Gasteiger partial charge in [0.1, 0.15) is 0 Å². The molecule has 80 valence electrons. The summed E-state index contributed by atoms with van der Waals surface area (Å²) in [5.41, 5.74) is 0.264. The molecule has 0 aliphatic carbocycles. The molecular weight excluding hydrogens is 238 g/mol. The first kappa shape index (κ1) is 10.3. The Morgan fingerprint density at radius 1 is 1.47 bits per heavy atom. The molecule has 5 nitrogen and oxygen atoms in total. The predicted molar refractivity (Wildman–Crippen MR) is 55.2 cm³/mol. The van der Waals surface area contributed by atoms with Gasteiger partial charge in [-0.3, -0.25) is 4.79 Å². The van der Waals surface area contributed by atoms with Crippen LogP contribution in [-0.4, -0.2) is 21.4 Å². The first-order chi connectivity index (χ1) is 7.03. The molecule has 0 unspecified atom stereocenters. The van der Waals surface area contributed by atoms with Crippen molar-refractivity contribution < 1.29 is 17.4 Å². The van der Waals surface area contributed by atoms with Gasteiger partial charge in [-0.15, -0.1) is 0 Å². The summed E-state index contributed by atoms with van der Waals surface area (Å²) in [6.45, 7) is 0. The Morgan fingerprint density at radius 3 is 2.80 bits per heavy atom. The van der Waals surface area contributed by atoms with Gasteiger partial charge in [-0.05, 0) is 12.1 Å². The van der Waals surface area contributed by atoms with E-state index in [-0.39, 0.29) is 17.2 Å². The van der Waals surface area contributed by atoms with E-state index in [9.17, 15) is 13.2 Å². The Balaban J connectivity index is 2.60. The highest BCUT2D eigenvalue weighted by atomic mass is 33.1. The molecule has 1 amide bonds. The van der Waals surface area contributed by atoms with Gasteiger partial charge in [0.15, 0.2) is 5.75 Å². The molecule has 1 N–H and O–H groups in total. The van der Waals surface area contributed by atoms with E-state index in [1.54, 1.807) is 12.1 Å². The van der Waals surface area contributed by atoms with Crippen LogP contribution in [0.5, 0.6) is 5.75 Å². The molecule has 2 rings (SSSR count). The van der Waals surface area contributed by atoms with Crippen LogP contribution in [0.2, 0.25) is 0 Å². The van der Waals surface area contributed by atoms with Crippen LogP contribution in [0, 0.1) is 0 Å². The van der Waals surface area contributed by atoms with Crippen LogP contribution in [0.15, 0.2) is 23.1 Å². The number of hydrogen-bond acceptors (Lipinski definition) is 5. The first-order valence-corrected chi connectivity index (χ1v) is 6.76. The molecule has 1 aromatic rings. The summed E-state index contributed by atoms with van der Waals surface area (Å²) in [6.07, 6.45) is 0. The van der Waals surface area contributed by atoms with Crippen molar-refractivity contribution in [3.05, 3.63) is 23.8 Å². The molecule has 0 aromatic heterocycles. The summed E-state index contributed by atoms with van der Waals surface area (Å²) in [6, 6.07) is 4.66. The second-order valence-corrected chi connectivity index (χ2v) is 6.10. The van der Waals surface area contributed by atoms with Gasteiger partial charge >= 0.3 is 9.15 Å². The van der Waals surface area contributed by atoms with Crippen molar-refractivity contribution >= 4 is 25.9 Å². The summed E-state index contributed by atoms with van der Waals surface area (Å²) in [5.74, 6) is -0.284. The molecule has 7 heteroatoms. The van der Waals surface area contributed by atoms with Gasteiger partial charge in [0.2, 0.25) is 0 Å². The average Bonchev–Trinajstić information content (AvgIpc) is 2.14. The first-order valence-electron chi connectivity index (χ1n) is 4.02. The summed E-state index contributed by atoms with van der Waals surface area (Å²) in [4.78, 5) is 11.8. The van der Waals surface area contributed by atoms with E-state index >= 15 is 0 Å². The molecule has 0 saturated heterocycles. The quantitative estimate of drug-likeness (QED) is 0.740. The van der Waals surface area contributed by atoms with Gasteiger partial charge in [0, 0.05) is 22.7 Å². The molecule has 1 aromatic carbocycles. The Labute approximate surface area is 90.3 Å². The van der Waals surface area contributed by atoms with Crippen LogP contribution in [0.4, 0.5) is 0 Å². The molecule has 15 heavy (non-hydrogen) atoms. The molecule has 1 aliphatic heterocycles. The van der Waals surface area contributed by atoms with Crippen molar-refractivity contribution in [2.45, 2.75) is 4.90 Å². The maximum atomic E-state index is 11.5. The number of hydrogen-bond donors (Lipinski definition) is 1. The second-order valence-electron chi connectivity index (χ2n) is 2.78. The van der Waals surface area contributed by atoms with E-state index < -0.39 is 9.15 Å². The van der Waals surface area contributed by atoms with E-state index in [1.165, 1.54) is 13.1 Å². The van der Waals surface area contributed by atoms with E-state index in [0.717, 1.165) is 0 Å². The molecule has 0 saturated carbocycles. The van der Waals surface area contributed by atoms with Crippen molar-refractivity contribution in [1.82, 2.24) is 5.32 Å². The normalized spacial score (nSPS) is 16.6. The molecular formula is C8H7NO4S2. The minimum Gasteiger partial charge on any atom is -0.373 e. The fourth-order valence-electron chi connectivity index (χ4n) is 1.24. The minimum absolute atomic E-state index is 0.0746. The van der Waals surface area contributed by atoms with Crippen LogP contribution in [0.3, 0.4) is 0 Å². The predicted octanol–water partition coefficient (Wildman–Crippen LogP) is 0.776. The SMILES string of the molecule is CNC(=O)c1c2cccc1SS(=O)(=O)O2. The van der Waals surface area contributed by atoms with Gasteiger partial charge in [0.05, 0.1) is 5.56 Å². The number of amides is 1. The van der Waals surface area contributed by atoms with Crippen molar-refractivity contribution in [1.29, 1.82) is 0 Å². The van der Waals surface area contributed by atoms with Crippen LogP contribution < -0.4 is 9.50 Å². The molecule has 0 atom stereocenters. The van der Waals surface area contributed by atoms with Crippen molar-refractivity contribution in [2.75, 3.05) is 7.05 Å². The van der Waals surface area contributed by atoms with E-state index in [2.05, 4.69) is 5.32 Å². The third kappa shape index (κ3) is 1.80. The van der Waals surface area contributed by atoms with E-state index in [4.69, 9.17) is 4.18 Å². The molecule has 0 radical (unpaired) electrons. The lowest BCUT2D eigenvalue weighted by molar-refractivity contribution is 0.0958. The summed E-state index contributed by atoms with van der Waals surface area (Å²) >= 11 is 0. The van der Waals surface area contributed by atoms with Crippen molar-refractivity contribution in [3.63, 3.8) is 0 Å². The highest BCUT2D eigenvalue weighted by Gasteiger charge is 2.30. The Morgan fingerprint density at radius 2 is 2.20 bits per heavy atom. The minimum atomic E-state index is -3.66. The lowest BCUT2D eigenvalue weighted by atomic mass is 10.2. The highest BCUT2D eigenvalue weighted by Crippen LogP contribution is 2.40.